The third kappa shape index (κ3) is 5.98. The topological polar surface area (TPSA) is 34.5 Å². The van der Waals surface area contributed by atoms with Crippen molar-refractivity contribution in [3.05, 3.63) is 65.1 Å². The molecule has 1 unspecified atom stereocenters. The number of likely N-dealkylation sites (tertiary alicyclic amines) is 1. The zero-order valence-corrected chi connectivity index (χ0v) is 23.2. The van der Waals surface area contributed by atoms with Crippen LogP contribution in [0.4, 0.5) is 4.39 Å². The number of piperidine rings is 1. The van der Waals surface area contributed by atoms with Gasteiger partial charge in [-0.15, -0.1) is 0 Å². The Hall–Kier alpha value is -2.66. The van der Waals surface area contributed by atoms with Gasteiger partial charge in [-0.2, -0.15) is 0 Å². The van der Waals surface area contributed by atoms with E-state index in [1.807, 2.05) is 19.1 Å². The van der Waals surface area contributed by atoms with Gasteiger partial charge >= 0.3 is 0 Å². The third-order valence-corrected chi connectivity index (χ3v) is 9.11. The highest BCUT2D eigenvalue weighted by molar-refractivity contribution is 6.04. The lowest BCUT2D eigenvalue weighted by Crippen LogP contribution is -2.40. The van der Waals surface area contributed by atoms with Crippen LogP contribution < -0.4 is 4.74 Å². The normalized spacial score (nSPS) is 19.2. The number of carbonyl (C=O) groups is 1. The zero-order valence-electron chi connectivity index (χ0n) is 23.2. The number of fused-ring (bicyclic) bond motifs is 1. The van der Waals surface area contributed by atoms with Gasteiger partial charge in [0.05, 0.1) is 12.6 Å². The molecule has 1 saturated heterocycles. The van der Waals surface area contributed by atoms with Crippen molar-refractivity contribution in [1.29, 1.82) is 0 Å². The number of ether oxygens (including phenoxy) is 1. The summed E-state index contributed by atoms with van der Waals surface area (Å²) in [6, 6.07) is 12.5. The van der Waals surface area contributed by atoms with E-state index in [1.54, 1.807) is 23.8 Å². The third-order valence-electron chi connectivity index (χ3n) is 9.11. The van der Waals surface area contributed by atoms with E-state index in [0.29, 0.717) is 11.6 Å². The van der Waals surface area contributed by atoms with Crippen LogP contribution in [0.3, 0.4) is 0 Å². The van der Waals surface area contributed by atoms with E-state index >= 15 is 0 Å². The summed E-state index contributed by atoms with van der Waals surface area (Å²) in [5.74, 6) is 1.30. The van der Waals surface area contributed by atoms with E-state index in [1.165, 1.54) is 94.9 Å². The second-order valence-electron chi connectivity index (χ2n) is 11.5. The van der Waals surface area contributed by atoms with Crippen molar-refractivity contribution in [3.8, 4) is 5.75 Å². The highest BCUT2D eigenvalue weighted by Gasteiger charge is 2.25. The van der Waals surface area contributed by atoms with Gasteiger partial charge in [0.2, 0.25) is 0 Å². The molecule has 1 atom stereocenters. The van der Waals surface area contributed by atoms with Crippen LogP contribution in [-0.4, -0.2) is 41.6 Å². The smallest absolute Gasteiger partial charge is 0.262 e. The van der Waals surface area contributed by atoms with Crippen molar-refractivity contribution in [2.45, 2.75) is 90.0 Å². The monoisotopic (exact) mass is 518 g/mol. The molecule has 204 valence electrons. The summed E-state index contributed by atoms with van der Waals surface area (Å²) >= 11 is 0. The number of carbonyl (C=O) groups excluding carboxylic acids is 1. The van der Waals surface area contributed by atoms with Crippen LogP contribution in [0.5, 0.6) is 5.75 Å². The zero-order chi connectivity index (χ0) is 26.5. The van der Waals surface area contributed by atoms with Crippen molar-refractivity contribution in [3.63, 3.8) is 0 Å². The molecule has 5 heteroatoms. The molecule has 4 nitrogen and oxygen atoms in total. The van der Waals surface area contributed by atoms with Crippen LogP contribution in [0.2, 0.25) is 0 Å². The molecule has 0 bridgehead atoms. The molecule has 2 heterocycles. The van der Waals surface area contributed by atoms with Crippen LogP contribution in [0, 0.1) is 18.7 Å². The van der Waals surface area contributed by atoms with Crippen molar-refractivity contribution in [2.24, 2.45) is 5.92 Å². The molecule has 3 aromatic rings. The molecule has 38 heavy (non-hydrogen) atoms. The van der Waals surface area contributed by atoms with E-state index in [-0.39, 0.29) is 11.7 Å². The fourth-order valence-corrected chi connectivity index (χ4v) is 6.94. The van der Waals surface area contributed by atoms with Gasteiger partial charge in [0.1, 0.15) is 11.6 Å². The number of hydrogen-bond donors (Lipinski definition) is 0. The van der Waals surface area contributed by atoms with E-state index in [9.17, 15) is 9.18 Å². The Kier molecular flexibility index (Phi) is 8.83. The lowest BCUT2D eigenvalue weighted by atomic mass is 9.85. The summed E-state index contributed by atoms with van der Waals surface area (Å²) in [7, 11) is 1.68. The average Bonchev–Trinajstić information content (AvgIpc) is 3.23. The largest absolute Gasteiger partial charge is 0.497 e. The van der Waals surface area contributed by atoms with Crippen LogP contribution in [0.25, 0.3) is 10.9 Å². The molecular formula is C33H43FN2O2. The maximum atomic E-state index is 13.6. The fraction of sp³-hybridized carbons (Fsp3) is 0.545. The Morgan fingerprint density at radius 1 is 0.974 bits per heavy atom. The lowest BCUT2D eigenvalue weighted by Gasteiger charge is -2.36. The lowest BCUT2D eigenvalue weighted by molar-refractivity contribution is 0.0962. The van der Waals surface area contributed by atoms with Crippen molar-refractivity contribution in [2.75, 3.05) is 20.2 Å². The number of aromatic nitrogens is 1. The van der Waals surface area contributed by atoms with Crippen molar-refractivity contribution < 1.29 is 13.9 Å². The van der Waals surface area contributed by atoms with Gasteiger partial charge in [0, 0.05) is 29.2 Å². The van der Waals surface area contributed by atoms with Crippen LogP contribution in [0.15, 0.2) is 42.5 Å². The first-order chi connectivity index (χ1) is 18.5. The molecule has 0 spiro atoms. The molecule has 0 radical (unpaired) electrons. The second-order valence-corrected chi connectivity index (χ2v) is 11.5. The Morgan fingerprint density at radius 2 is 1.74 bits per heavy atom. The van der Waals surface area contributed by atoms with Crippen LogP contribution >= 0.6 is 0 Å². The maximum absolute atomic E-state index is 13.6. The fourth-order valence-electron chi connectivity index (χ4n) is 6.94. The molecule has 1 aromatic heterocycles. The van der Waals surface area contributed by atoms with Gasteiger partial charge in [-0.05, 0) is 93.1 Å². The molecule has 5 rings (SSSR count). The van der Waals surface area contributed by atoms with Crippen LogP contribution in [-0.2, 0) is 6.42 Å². The summed E-state index contributed by atoms with van der Waals surface area (Å²) in [6.45, 7) is 4.22. The molecular weight excluding hydrogens is 475 g/mol. The molecule has 0 N–H and O–H groups in total. The Balaban J connectivity index is 1.34. The van der Waals surface area contributed by atoms with Crippen molar-refractivity contribution >= 4 is 16.8 Å². The van der Waals surface area contributed by atoms with Gasteiger partial charge < -0.3 is 9.64 Å². The summed E-state index contributed by atoms with van der Waals surface area (Å²) < 4.78 is 20.9. The number of benzene rings is 2. The van der Waals surface area contributed by atoms with E-state index in [0.717, 1.165) is 41.2 Å². The Morgan fingerprint density at radius 3 is 2.50 bits per heavy atom. The predicted molar refractivity (Wildman–Crippen MR) is 153 cm³/mol. The second kappa shape index (κ2) is 12.5. The van der Waals surface area contributed by atoms with E-state index in [4.69, 9.17) is 4.74 Å². The summed E-state index contributed by atoms with van der Waals surface area (Å²) in [5, 5.41) is 1.07. The van der Waals surface area contributed by atoms with Gasteiger partial charge in [-0.3, -0.25) is 9.36 Å². The predicted octanol–water partition coefficient (Wildman–Crippen LogP) is 7.93. The summed E-state index contributed by atoms with van der Waals surface area (Å²) in [4.78, 5) is 16.3. The number of hydrogen-bond acceptors (Lipinski definition) is 3. The molecule has 2 aromatic carbocycles. The van der Waals surface area contributed by atoms with Gasteiger partial charge in [-0.1, -0.05) is 51.4 Å². The molecule has 1 aliphatic carbocycles. The highest BCUT2D eigenvalue weighted by atomic mass is 19.1. The molecule has 1 aliphatic heterocycles. The summed E-state index contributed by atoms with van der Waals surface area (Å²) in [6.07, 6.45) is 16.1. The number of methoxy groups -OCH3 is 1. The quantitative estimate of drug-likeness (QED) is 0.288. The number of rotatable bonds is 9. The molecule has 2 aliphatic rings. The maximum Gasteiger partial charge on any atom is 0.262 e. The molecule has 1 saturated carbocycles. The minimum atomic E-state index is -0.337. The summed E-state index contributed by atoms with van der Waals surface area (Å²) in [5.41, 5.74) is 3.55. The van der Waals surface area contributed by atoms with Crippen LogP contribution in [0.1, 0.15) is 92.2 Å². The van der Waals surface area contributed by atoms with Gasteiger partial charge in [0.15, 0.2) is 0 Å². The highest BCUT2D eigenvalue weighted by Crippen LogP contribution is 2.33. The van der Waals surface area contributed by atoms with Gasteiger partial charge in [-0.25, -0.2) is 4.39 Å². The standard InChI is InChI=1S/C33H43FN2O2/c1-24-30(20-22-35-21-7-6-12-28(35)13-8-11-25-9-4-3-5-10-25)31-23-29(38-2)18-19-32(31)36(24)33(37)26-14-16-27(34)17-15-26/h14-19,23,25,28H,3-13,20-22H2,1-2H3. The first-order valence-corrected chi connectivity index (χ1v) is 14.8. The average molecular weight is 519 g/mol. The first kappa shape index (κ1) is 26.9. The van der Waals surface area contributed by atoms with Gasteiger partial charge in [0.25, 0.3) is 5.91 Å². The SMILES string of the molecule is COc1ccc2c(c1)c(CCN1CCCCC1CCCC1CCCCC1)c(C)n2C(=O)c1ccc(F)cc1. The van der Waals surface area contributed by atoms with E-state index < -0.39 is 0 Å². The van der Waals surface area contributed by atoms with E-state index in [2.05, 4.69) is 11.0 Å². The molecule has 2 fully saturated rings. The Labute approximate surface area is 227 Å². The van der Waals surface area contributed by atoms with Crippen molar-refractivity contribution in [1.82, 2.24) is 9.47 Å². The Bertz CT molecular complexity index is 1230. The molecule has 0 amide bonds. The minimum Gasteiger partial charge on any atom is -0.497 e. The number of halogens is 1. The number of nitrogens with zero attached hydrogens (tertiary/aromatic N) is 2. The minimum absolute atomic E-state index is 0.123. The first-order valence-electron chi connectivity index (χ1n) is 14.8.